The fourth-order valence-corrected chi connectivity index (χ4v) is 4.03. The second-order valence-corrected chi connectivity index (χ2v) is 8.42. The Balaban J connectivity index is 1.61. The molecule has 2 aromatic rings. The summed E-state index contributed by atoms with van der Waals surface area (Å²) in [5, 5.41) is 3.61. The maximum atomic E-state index is 12.8. The summed E-state index contributed by atoms with van der Waals surface area (Å²) in [4.78, 5) is 29.1. The van der Waals surface area contributed by atoms with Gasteiger partial charge in [0.25, 0.3) is 5.91 Å². The first-order valence-electron chi connectivity index (χ1n) is 9.18. The molecule has 0 radical (unpaired) electrons. The van der Waals surface area contributed by atoms with Gasteiger partial charge >= 0.3 is 0 Å². The van der Waals surface area contributed by atoms with Gasteiger partial charge in [-0.2, -0.15) is 0 Å². The van der Waals surface area contributed by atoms with Crippen LogP contribution in [0.4, 0.5) is 11.4 Å². The Morgan fingerprint density at radius 3 is 2.36 bits per heavy atom. The molecule has 1 heterocycles. The maximum absolute atomic E-state index is 12.8. The number of carbonyl (C=O) groups is 2. The average Bonchev–Trinajstić information content (AvgIpc) is 2.68. The third-order valence-electron chi connectivity index (χ3n) is 4.94. The lowest BCUT2D eigenvalue weighted by molar-refractivity contribution is -0.121. The Morgan fingerprint density at radius 2 is 1.75 bits per heavy atom. The molecule has 0 bridgehead atoms. The lowest BCUT2D eigenvalue weighted by Gasteiger charge is -2.31. The SMILES string of the molecule is CN(C)c1c(Cl)cccc1NC(=O)C1CCN(C(=O)c2ccc(Br)cc2)CC1. The van der Waals surface area contributed by atoms with Crippen molar-refractivity contribution >= 4 is 50.7 Å². The van der Waals surface area contributed by atoms with Crippen molar-refractivity contribution in [1.82, 2.24) is 4.90 Å². The zero-order chi connectivity index (χ0) is 20.3. The zero-order valence-electron chi connectivity index (χ0n) is 15.9. The van der Waals surface area contributed by atoms with Crippen LogP contribution < -0.4 is 10.2 Å². The van der Waals surface area contributed by atoms with Gasteiger partial charge in [-0.05, 0) is 49.2 Å². The van der Waals surface area contributed by atoms with Crippen LogP contribution >= 0.6 is 27.5 Å². The number of nitrogens with zero attached hydrogens (tertiary/aromatic N) is 2. The molecular weight excluding hydrogens is 442 g/mol. The van der Waals surface area contributed by atoms with Crippen LogP contribution in [0.5, 0.6) is 0 Å². The number of benzene rings is 2. The van der Waals surface area contributed by atoms with Crippen LogP contribution in [0.15, 0.2) is 46.9 Å². The Labute approximate surface area is 178 Å². The molecule has 5 nitrogen and oxygen atoms in total. The monoisotopic (exact) mass is 463 g/mol. The van der Waals surface area contributed by atoms with Crippen LogP contribution in [0.2, 0.25) is 5.02 Å². The number of anilines is 2. The number of para-hydroxylation sites is 1. The van der Waals surface area contributed by atoms with Crippen molar-refractivity contribution in [3.63, 3.8) is 0 Å². The molecular formula is C21H23BrClN3O2. The van der Waals surface area contributed by atoms with Gasteiger partial charge in [0, 0.05) is 43.1 Å². The smallest absolute Gasteiger partial charge is 0.253 e. The van der Waals surface area contributed by atoms with Gasteiger partial charge < -0.3 is 15.1 Å². The number of piperidine rings is 1. The number of likely N-dealkylation sites (tertiary alicyclic amines) is 1. The molecule has 1 fully saturated rings. The molecule has 2 amide bonds. The van der Waals surface area contributed by atoms with E-state index in [0.29, 0.717) is 42.2 Å². The van der Waals surface area contributed by atoms with Crippen molar-refractivity contribution in [2.45, 2.75) is 12.8 Å². The normalized spacial score (nSPS) is 14.6. The van der Waals surface area contributed by atoms with Crippen LogP contribution in [-0.2, 0) is 4.79 Å². The molecule has 7 heteroatoms. The number of rotatable bonds is 4. The molecule has 1 aliphatic heterocycles. The topological polar surface area (TPSA) is 52.7 Å². The third-order valence-corrected chi connectivity index (χ3v) is 5.77. The van der Waals surface area contributed by atoms with Crippen molar-refractivity contribution in [2.75, 3.05) is 37.4 Å². The van der Waals surface area contributed by atoms with Gasteiger partial charge in [-0.1, -0.05) is 33.6 Å². The highest BCUT2D eigenvalue weighted by atomic mass is 79.9. The van der Waals surface area contributed by atoms with Crippen molar-refractivity contribution < 1.29 is 9.59 Å². The summed E-state index contributed by atoms with van der Waals surface area (Å²) < 4.78 is 0.942. The Morgan fingerprint density at radius 1 is 1.11 bits per heavy atom. The Hall–Kier alpha value is -2.05. The molecule has 0 aromatic heterocycles. The molecule has 1 saturated heterocycles. The molecule has 0 saturated carbocycles. The van der Waals surface area contributed by atoms with Crippen LogP contribution in [0, 0.1) is 5.92 Å². The van der Waals surface area contributed by atoms with E-state index < -0.39 is 0 Å². The molecule has 0 aliphatic carbocycles. The molecule has 0 unspecified atom stereocenters. The summed E-state index contributed by atoms with van der Waals surface area (Å²) >= 11 is 9.65. The van der Waals surface area contributed by atoms with Crippen molar-refractivity contribution in [3.8, 4) is 0 Å². The predicted octanol–water partition coefficient (Wildman–Crippen LogP) is 4.66. The highest BCUT2D eigenvalue weighted by Gasteiger charge is 2.28. The number of nitrogens with one attached hydrogen (secondary N) is 1. The number of hydrogen-bond donors (Lipinski definition) is 1. The fourth-order valence-electron chi connectivity index (χ4n) is 3.43. The predicted molar refractivity (Wildman–Crippen MR) is 117 cm³/mol. The Kier molecular flexibility index (Phi) is 6.62. The van der Waals surface area contributed by atoms with Gasteiger partial charge in [-0.25, -0.2) is 0 Å². The Bertz CT molecular complexity index is 862. The second kappa shape index (κ2) is 8.97. The molecule has 1 aliphatic rings. The zero-order valence-corrected chi connectivity index (χ0v) is 18.3. The minimum absolute atomic E-state index is 0.0103. The van der Waals surface area contributed by atoms with Crippen LogP contribution in [0.1, 0.15) is 23.2 Å². The van der Waals surface area contributed by atoms with Crippen LogP contribution in [-0.4, -0.2) is 43.9 Å². The van der Waals surface area contributed by atoms with Gasteiger partial charge in [-0.3, -0.25) is 9.59 Å². The van der Waals surface area contributed by atoms with Crippen LogP contribution in [0.25, 0.3) is 0 Å². The van der Waals surface area contributed by atoms with E-state index in [1.165, 1.54) is 0 Å². The summed E-state index contributed by atoms with van der Waals surface area (Å²) in [5.74, 6) is -0.139. The highest BCUT2D eigenvalue weighted by molar-refractivity contribution is 9.10. The minimum atomic E-state index is -0.122. The summed E-state index contributed by atoms with van der Waals surface area (Å²) in [5.41, 5.74) is 2.16. The van der Waals surface area contributed by atoms with Gasteiger partial charge in [0.05, 0.1) is 16.4 Å². The molecule has 148 valence electrons. The van der Waals surface area contributed by atoms with Crippen molar-refractivity contribution in [3.05, 3.63) is 57.5 Å². The quantitative estimate of drug-likeness (QED) is 0.716. The summed E-state index contributed by atoms with van der Waals surface area (Å²) in [6.45, 7) is 1.14. The van der Waals surface area contributed by atoms with E-state index in [2.05, 4.69) is 21.2 Å². The largest absolute Gasteiger partial charge is 0.375 e. The van der Waals surface area contributed by atoms with Gasteiger partial charge in [0.15, 0.2) is 0 Å². The van der Waals surface area contributed by atoms with Crippen molar-refractivity contribution in [1.29, 1.82) is 0 Å². The first-order valence-corrected chi connectivity index (χ1v) is 10.4. The molecule has 28 heavy (non-hydrogen) atoms. The number of carbonyl (C=O) groups excluding carboxylic acids is 2. The second-order valence-electron chi connectivity index (χ2n) is 7.09. The molecule has 0 spiro atoms. The molecule has 0 atom stereocenters. The van der Waals surface area contributed by atoms with Crippen LogP contribution in [0.3, 0.4) is 0 Å². The van der Waals surface area contributed by atoms with E-state index in [4.69, 9.17) is 11.6 Å². The molecule has 1 N–H and O–H groups in total. The third kappa shape index (κ3) is 4.67. The number of halogens is 2. The van der Waals surface area contributed by atoms with Gasteiger partial charge in [0.1, 0.15) is 0 Å². The summed E-state index contributed by atoms with van der Waals surface area (Å²) in [7, 11) is 3.78. The van der Waals surface area contributed by atoms with E-state index in [9.17, 15) is 9.59 Å². The average molecular weight is 465 g/mol. The fraction of sp³-hybridized carbons (Fsp3) is 0.333. The number of amides is 2. The number of hydrogen-bond acceptors (Lipinski definition) is 3. The maximum Gasteiger partial charge on any atom is 0.253 e. The highest BCUT2D eigenvalue weighted by Crippen LogP contribution is 2.33. The molecule has 3 rings (SSSR count). The minimum Gasteiger partial charge on any atom is -0.375 e. The summed E-state index contributed by atoms with van der Waals surface area (Å²) in [6.07, 6.45) is 1.29. The van der Waals surface area contributed by atoms with E-state index in [1.807, 2.05) is 60.3 Å². The first kappa shape index (κ1) is 20.7. The van der Waals surface area contributed by atoms with E-state index in [1.54, 1.807) is 6.07 Å². The van der Waals surface area contributed by atoms with Crippen molar-refractivity contribution in [2.24, 2.45) is 5.92 Å². The lowest BCUT2D eigenvalue weighted by atomic mass is 9.95. The lowest BCUT2D eigenvalue weighted by Crippen LogP contribution is -2.41. The summed E-state index contributed by atoms with van der Waals surface area (Å²) in [6, 6.07) is 12.8. The first-order chi connectivity index (χ1) is 13.4. The van der Waals surface area contributed by atoms with Gasteiger partial charge in [-0.15, -0.1) is 0 Å². The van der Waals surface area contributed by atoms with E-state index in [-0.39, 0.29) is 17.7 Å². The van der Waals surface area contributed by atoms with E-state index >= 15 is 0 Å². The standard InChI is InChI=1S/C21H23BrClN3O2/c1-25(2)19-17(23)4-3-5-18(19)24-20(27)14-10-12-26(13-11-14)21(28)15-6-8-16(22)9-7-15/h3-9,14H,10-13H2,1-2H3,(H,24,27). The molecule has 2 aromatic carbocycles. The van der Waals surface area contributed by atoms with Gasteiger partial charge in [0.2, 0.25) is 5.91 Å². The van der Waals surface area contributed by atoms with E-state index in [0.717, 1.165) is 10.2 Å².